The van der Waals surface area contributed by atoms with Crippen molar-refractivity contribution in [2.75, 3.05) is 0 Å². The molecular formula is C11H17NO. The lowest BCUT2D eigenvalue weighted by molar-refractivity contribution is 0.159. The van der Waals surface area contributed by atoms with E-state index in [1.54, 1.807) is 12.5 Å². The molecule has 1 aliphatic heterocycles. The number of hydrogen-bond acceptors (Lipinski definition) is 2. The molecule has 0 saturated heterocycles. The van der Waals surface area contributed by atoms with Crippen LogP contribution in [0.25, 0.3) is 0 Å². The third-order valence-electron chi connectivity index (χ3n) is 2.94. The van der Waals surface area contributed by atoms with E-state index in [1.807, 2.05) is 6.21 Å². The van der Waals surface area contributed by atoms with Crippen molar-refractivity contribution in [3.8, 4) is 0 Å². The van der Waals surface area contributed by atoms with Gasteiger partial charge in [0.2, 0.25) is 0 Å². The van der Waals surface area contributed by atoms with Crippen LogP contribution in [-0.2, 0) is 4.74 Å². The first-order valence-corrected chi connectivity index (χ1v) is 5.29. The van der Waals surface area contributed by atoms with Crippen LogP contribution in [0.5, 0.6) is 0 Å². The Morgan fingerprint density at radius 1 is 1.23 bits per heavy atom. The van der Waals surface area contributed by atoms with Crippen molar-refractivity contribution in [3.63, 3.8) is 0 Å². The molecular weight excluding hydrogens is 162 g/mol. The maximum absolute atomic E-state index is 5.45. The van der Waals surface area contributed by atoms with Gasteiger partial charge in [0.15, 0.2) is 0 Å². The maximum Gasteiger partial charge on any atom is 0.133 e. The van der Waals surface area contributed by atoms with Gasteiger partial charge in [0.05, 0.1) is 6.20 Å². The lowest BCUT2D eigenvalue weighted by Gasteiger charge is -2.24. The zero-order valence-electron chi connectivity index (χ0n) is 7.98. The Morgan fingerprint density at radius 2 is 2.08 bits per heavy atom. The highest BCUT2D eigenvalue weighted by atomic mass is 16.5. The molecule has 0 aromatic rings. The Bertz CT molecular complexity index is 204. The van der Waals surface area contributed by atoms with E-state index in [9.17, 15) is 0 Å². The average Bonchev–Trinajstić information content (AvgIpc) is 2.21. The Kier molecular flexibility index (Phi) is 3.01. The molecule has 0 N–H and O–H groups in total. The fourth-order valence-corrected chi connectivity index (χ4v) is 2.22. The van der Waals surface area contributed by atoms with Crippen LogP contribution in [0.2, 0.25) is 0 Å². The number of hydrogen-bond donors (Lipinski definition) is 0. The number of rotatable bonds is 2. The molecule has 1 fully saturated rings. The molecule has 0 spiro atoms. The van der Waals surface area contributed by atoms with Crippen LogP contribution in [0, 0.1) is 5.92 Å². The van der Waals surface area contributed by atoms with E-state index >= 15 is 0 Å². The van der Waals surface area contributed by atoms with Crippen molar-refractivity contribution in [2.24, 2.45) is 10.9 Å². The summed E-state index contributed by atoms with van der Waals surface area (Å²) in [4.78, 5) is 4.09. The molecule has 0 bridgehead atoms. The second-order valence-corrected chi connectivity index (χ2v) is 4.00. The smallest absolute Gasteiger partial charge is 0.133 e. The molecule has 13 heavy (non-hydrogen) atoms. The van der Waals surface area contributed by atoms with Crippen LogP contribution < -0.4 is 0 Å². The van der Waals surface area contributed by atoms with Gasteiger partial charge in [-0.1, -0.05) is 32.1 Å². The van der Waals surface area contributed by atoms with Gasteiger partial charge >= 0.3 is 0 Å². The van der Waals surface area contributed by atoms with Gasteiger partial charge in [-0.3, -0.25) is 4.99 Å². The summed E-state index contributed by atoms with van der Waals surface area (Å²) < 4.78 is 5.45. The highest BCUT2D eigenvalue weighted by Gasteiger charge is 2.18. The van der Waals surface area contributed by atoms with Crippen LogP contribution >= 0.6 is 0 Å². The van der Waals surface area contributed by atoms with Crippen LogP contribution in [0.1, 0.15) is 38.5 Å². The molecule has 2 aliphatic rings. The third kappa shape index (κ3) is 2.58. The van der Waals surface area contributed by atoms with Crippen molar-refractivity contribution < 1.29 is 4.74 Å². The van der Waals surface area contributed by atoms with Gasteiger partial charge in [-0.2, -0.15) is 0 Å². The van der Waals surface area contributed by atoms with E-state index in [4.69, 9.17) is 4.74 Å². The van der Waals surface area contributed by atoms with Crippen LogP contribution in [0.15, 0.2) is 17.5 Å². The first kappa shape index (κ1) is 8.79. The Labute approximate surface area is 79.7 Å². The molecule has 72 valence electrons. The van der Waals surface area contributed by atoms with Crippen LogP contribution in [-0.4, -0.2) is 12.3 Å². The maximum atomic E-state index is 5.45. The van der Waals surface area contributed by atoms with Gasteiger partial charge in [-0.05, 0) is 12.3 Å². The lowest BCUT2D eigenvalue weighted by atomic mass is 9.85. The molecule has 1 atom stereocenters. The van der Waals surface area contributed by atoms with Gasteiger partial charge in [0, 0.05) is 6.21 Å². The van der Waals surface area contributed by atoms with Gasteiger partial charge in [-0.25, -0.2) is 0 Å². The largest absolute Gasteiger partial charge is 0.491 e. The molecule has 2 nitrogen and oxygen atoms in total. The minimum absolute atomic E-state index is 0.244. The minimum atomic E-state index is 0.244. The molecule has 2 heteroatoms. The van der Waals surface area contributed by atoms with E-state index in [1.165, 1.54) is 32.1 Å². The Hall–Kier alpha value is -0.790. The highest BCUT2D eigenvalue weighted by molar-refractivity contribution is 5.64. The fraction of sp³-hybridized carbons (Fsp3) is 0.727. The summed E-state index contributed by atoms with van der Waals surface area (Å²) in [6.07, 6.45) is 13.8. The summed E-state index contributed by atoms with van der Waals surface area (Å²) in [5.74, 6) is 0.872. The highest BCUT2D eigenvalue weighted by Crippen LogP contribution is 2.28. The van der Waals surface area contributed by atoms with E-state index in [0.717, 1.165) is 12.3 Å². The molecule has 1 unspecified atom stereocenters. The Morgan fingerprint density at radius 3 is 2.77 bits per heavy atom. The molecule has 0 radical (unpaired) electrons. The summed E-state index contributed by atoms with van der Waals surface area (Å²) >= 11 is 0. The monoisotopic (exact) mass is 179 g/mol. The molecule has 0 aromatic carbocycles. The van der Waals surface area contributed by atoms with Crippen molar-refractivity contribution in [3.05, 3.63) is 12.5 Å². The SMILES string of the molecule is C1=COC(CC2CCCCC2)C=N1. The number of nitrogens with zero attached hydrogens (tertiary/aromatic N) is 1. The quantitative estimate of drug-likeness (QED) is 0.638. The summed E-state index contributed by atoms with van der Waals surface area (Å²) in [5.41, 5.74) is 0. The summed E-state index contributed by atoms with van der Waals surface area (Å²) in [6.45, 7) is 0. The standard InChI is InChI=1S/C11H17NO/c1-2-4-10(5-3-1)8-11-9-12-6-7-13-11/h6-7,9-11H,1-5,8H2. The van der Waals surface area contributed by atoms with E-state index in [2.05, 4.69) is 4.99 Å². The topological polar surface area (TPSA) is 21.6 Å². The number of aliphatic imine (C=N–C) groups is 1. The van der Waals surface area contributed by atoms with Gasteiger partial charge in [0.1, 0.15) is 12.4 Å². The second kappa shape index (κ2) is 4.45. The zero-order chi connectivity index (χ0) is 8.93. The predicted octanol–water partition coefficient (Wildman–Crippen LogP) is 2.90. The third-order valence-corrected chi connectivity index (χ3v) is 2.94. The average molecular weight is 179 g/mol. The van der Waals surface area contributed by atoms with Crippen molar-refractivity contribution in [1.29, 1.82) is 0 Å². The van der Waals surface area contributed by atoms with Gasteiger partial charge in [-0.15, -0.1) is 0 Å². The minimum Gasteiger partial charge on any atom is -0.491 e. The second-order valence-electron chi connectivity index (χ2n) is 4.00. The molecule has 1 heterocycles. The summed E-state index contributed by atoms with van der Waals surface area (Å²) in [7, 11) is 0. The fourth-order valence-electron chi connectivity index (χ4n) is 2.22. The van der Waals surface area contributed by atoms with Gasteiger partial charge < -0.3 is 4.74 Å². The molecule has 0 amide bonds. The number of ether oxygens (including phenoxy) is 1. The first-order valence-electron chi connectivity index (χ1n) is 5.29. The predicted molar refractivity (Wildman–Crippen MR) is 53.7 cm³/mol. The van der Waals surface area contributed by atoms with E-state index in [0.29, 0.717) is 0 Å². The van der Waals surface area contributed by atoms with Gasteiger partial charge in [0.25, 0.3) is 0 Å². The summed E-state index contributed by atoms with van der Waals surface area (Å²) in [5, 5.41) is 0. The van der Waals surface area contributed by atoms with Crippen molar-refractivity contribution >= 4 is 6.21 Å². The summed E-state index contributed by atoms with van der Waals surface area (Å²) in [6, 6.07) is 0. The lowest BCUT2D eigenvalue weighted by Crippen LogP contribution is -2.20. The first-order chi connectivity index (χ1) is 6.45. The van der Waals surface area contributed by atoms with E-state index in [-0.39, 0.29) is 6.10 Å². The normalized spacial score (nSPS) is 28.8. The van der Waals surface area contributed by atoms with Crippen molar-refractivity contribution in [2.45, 2.75) is 44.6 Å². The van der Waals surface area contributed by atoms with Crippen molar-refractivity contribution in [1.82, 2.24) is 0 Å². The van der Waals surface area contributed by atoms with E-state index < -0.39 is 0 Å². The zero-order valence-corrected chi connectivity index (χ0v) is 7.98. The molecule has 0 aromatic heterocycles. The molecule has 1 aliphatic carbocycles. The molecule has 2 rings (SSSR count). The van der Waals surface area contributed by atoms with Crippen LogP contribution in [0.3, 0.4) is 0 Å². The Balaban J connectivity index is 1.76. The van der Waals surface area contributed by atoms with Crippen LogP contribution in [0.4, 0.5) is 0 Å². The molecule has 1 saturated carbocycles.